The molecule has 3 rings (SSSR count). The number of halogens is 1. The Balaban J connectivity index is 1.57. The Labute approximate surface area is 184 Å². The molecule has 2 aromatic carbocycles. The van der Waals surface area contributed by atoms with Gasteiger partial charge in [-0.05, 0) is 42.7 Å². The van der Waals surface area contributed by atoms with E-state index in [0.29, 0.717) is 26.4 Å². The Morgan fingerprint density at radius 2 is 1.87 bits per heavy atom. The average Bonchev–Trinajstić information content (AvgIpc) is 2.81. The number of nitrogens with one attached hydrogen (secondary N) is 2. The van der Waals surface area contributed by atoms with Crippen LogP contribution in [0.4, 0.5) is 4.39 Å². The van der Waals surface area contributed by atoms with Crippen LogP contribution in [0.2, 0.25) is 0 Å². The van der Waals surface area contributed by atoms with Gasteiger partial charge in [0.15, 0.2) is 5.96 Å². The summed E-state index contributed by atoms with van der Waals surface area (Å²) in [7, 11) is 1.77. The first-order chi connectivity index (χ1) is 15.2. The molecule has 1 fully saturated rings. The lowest BCUT2D eigenvalue weighted by Crippen LogP contribution is -2.46. The fourth-order valence-corrected chi connectivity index (χ4v) is 3.77. The van der Waals surface area contributed by atoms with Gasteiger partial charge in [-0.1, -0.05) is 30.3 Å². The van der Waals surface area contributed by atoms with Gasteiger partial charge in [0, 0.05) is 33.2 Å². The standard InChI is InChI=1S/C24H33FN4O2/c1-3-31-23-7-5-4-6-20(23)12-13-27-24(26-2)28-18-22(29-14-16-30-17-15-29)19-8-10-21(25)11-9-19/h4-11,22H,3,12-18H2,1-2H3,(H2,26,27,28). The fourth-order valence-electron chi connectivity index (χ4n) is 3.77. The van der Waals surface area contributed by atoms with Gasteiger partial charge in [0.25, 0.3) is 0 Å². The summed E-state index contributed by atoms with van der Waals surface area (Å²) in [6.07, 6.45) is 0.835. The van der Waals surface area contributed by atoms with Crippen molar-refractivity contribution in [3.63, 3.8) is 0 Å². The molecule has 1 aliphatic rings. The number of hydrogen-bond acceptors (Lipinski definition) is 4. The maximum atomic E-state index is 13.4. The van der Waals surface area contributed by atoms with Crippen molar-refractivity contribution >= 4 is 5.96 Å². The lowest BCUT2D eigenvalue weighted by molar-refractivity contribution is 0.0170. The maximum absolute atomic E-state index is 13.4. The molecule has 6 nitrogen and oxygen atoms in total. The van der Waals surface area contributed by atoms with Crippen molar-refractivity contribution in [1.29, 1.82) is 0 Å². The van der Waals surface area contributed by atoms with E-state index in [0.717, 1.165) is 43.3 Å². The molecule has 0 bridgehead atoms. The van der Waals surface area contributed by atoms with Crippen LogP contribution in [0.25, 0.3) is 0 Å². The highest BCUT2D eigenvalue weighted by Crippen LogP contribution is 2.22. The molecule has 2 N–H and O–H groups in total. The quantitative estimate of drug-likeness (QED) is 0.475. The Kier molecular flexibility index (Phi) is 9.12. The summed E-state index contributed by atoms with van der Waals surface area (Å²) < 4.78 is 24.6. The minimum Gasteiger partial charge on any atom is -0.494 e. The largest absolute Gasteiger partial charge is 0.494 e. The molecule has 1 saturated heterocycles. The van der Waals surface area contributed by atoms with Gasteiger partial charge in [-0.2, -0.15) is 0 Å². The number of ether oxygens (including phenoxy) is 2. The molecule has 1 aliphatic heterocycles. The van der Waals surface area contributed by atoms with E-state index in [1.165, 1.54) is 17.7 Å². The lowest BCUT2D eigenvalue weighted by atomic mass is 10.0. The van der Waals surface area contributed by atoms with Crippen LogP contribution in [0.1, 0.15) is 24.1 Å². The molecular weight excluding hydrogens is 395 g/mol. The van der Waals surface area contributed by atoms with Crippen LogP contribution in [0.5, 0.6) is 5.75 Å². The third-order valence-electron chi connectivity index (χ3n) is 5.39. The van der Waals surface area contributed by atoms with E-state index in [4.69, 9.17) is 9.47 Å². The summed E-state index contributed by atoms with van der Waals surface area (Å²) >= 11 is 0. The van der Waals surface area contributed by atoms with Crippen molar-refractivity contribution < 1.29 is 13.9 Å². The van der Waals surface area contributed by atoms with Crippen molar-refractivity contribution in [1.82, 2.24) is 15.5 Å². The molecule has 1 unspecified atom stereocenters. The van der Waals surface area contributed by atoms with Crippen LogP contribution in [0, 0.1) is 5.82 Å². The number of rotatable bonds is 9. The van der Waals surface area contributed by atoms with Crippen molar-refractivity contribution in [3.05, 3.63) is 65.5 Å². The summed E-state index contributed by atoms with van der Waals surface area (Å²) in [5, 5.41) is 6.82. The van der Waals surface area contributed by atoms with Crippen LogP contribution in [-0.2, 0) is 11.2 Å². The average molecular weight is 429 g/mol. The molecule has 31 heavy (non-hydrogen) atoms. The Bertz CT molecular complexity index is 823. The lowest BCUT2D eigenvalue weighted by Gasteiger charge is -2.35. The third-order valence-corrected chi connectivity index (χ3v) is 5.39. The molecule has 0 saturated carbocycles. The minimum atomic E-state index is -0.220. The van der Waals surface area contributed by atoms with Gasteiger partial charge in [-0.25, -0.2) is 4.39 Å². The molecule has 0 amide bonds. The molecule has 1 atom stereocenters. The third kappa shape index (κ3) is 6.94. The van der Waals surface area contributed by atoms with Crippen molar-refractivity contribution in [3.8, 4) is 5.75 Å². The fraction of sp³-hybridized carbons (Fsp3) is 0.458. The van der Waals surface area contributed by atoms with Crippen LogP contribution in [0.15, 0.2) is 53.5 Å². The zero-order chi connectivity index (χ0) is 21.9. The molecule has 2 aromatic rings. The van der Waals surface area contributed by atoms with Crippen LogP contribution < -0.4 is 15.4 Å². The summed E-state index contributed by atoms with van der Waals surface area (Å²) in [6, 6.07) is 15.0. The normalized spacial score (nSPS) is 16.0. The van der Waals surface area contributed by atoms with E-state index in [9.17, 15) is 4.39 Å². The second kappa shape index (κ2) is 12.3. The predicted molar refractivity (Wildman–Crippen MR) is 122 cm³/mol. The van der Waals surface area contributed by atoms with Crippen molar-refractivity contribution in [2.45, 2.75) is 19.4 Å². The first-order valence-corrected chi connectivity index (χ1v) is 10.9. The maximum Gasteiger partial charge on any atom is 0.191 e. The van der Waals surface area contributed by atoms with Gasteiger partial charge in [0.2, 0.25) is 0 Å². The molecule has 0 aliphatic carbocycles. The second-order valence-corrected chi connectivity index (χ2v) is 7.39. The Morgan fingerprint density at radius 1 is 1.13 bits per heavy atom. The number of aliphatic imine (C=N–C) groups is 1. The van der Waals surface area contributed by atoms with Crippen molar-refractivity contribution in [2.75, 3.05) is 53.0 Å². The van der Waals surface area contributed by atoms with E-state index < -0.39 is 0 Å². The summed E-state index contributed by atoms with van der Waals surface area (Å²) in [4.78, 5) is 6.73. The van der Waals surface area contributed by atoms with Gasteiger partial charge in [0.1, 0.15) is 11.6 Å². The SMILES string of the molecule is CCOc1ccccc1CCNC(=NC)NCC(c1ccc(F)cc1)N1CCOCC1. The van der Waals surface area contributed by atoms with Gasteiger partial charge in [0.05, 0.1) is 25.9 Å². The number of guanidine groups is 1. The van der Waals surface area contributed by atoms with Crippen LogP contribution >= 0.6 is 0 Å². The van der Waals surface area contributed by atoms with E-state index in [1.807, 2.05) is 37.3 Å². The van der Waals surface area contributed by atoms with Crippen molar-refractivity contribution in [2.24, 2.45) is 4.99 Å². The van der Waals surface area contributed by atoms with E-state index in [-0.39, 0.29) is 11.9 Å². The molecule has 0 radical (unpaired) electrons. The van der Waals surface area contributed by atoms with Gasteiger partial charge < -0.3 is 20.1 Å². The number of para-hydroxylation sites is 1. The number of benzene rings is 2. The number of nitrogens with zero attached hydrogens (tertiary/aromatic N) is 2. The molecule has 0 aromatic heterocycles. The zero-order valence-electron chi connectivity index (χ0n) is 18.4. The van der Waals surface area contributed by atoms with E-state index in [2.05, 4.69) is 26.6 Å². The molecular formula is C24H33FN4O2. The monoisotopic (exact) mass is 428 g/mol. The summed E-state index contributed by atoms with van der Waals surface area (Å²) in [5.41, 5.74) is 2.25. The van der Waals surface area contributed by atoms with Gasteiger partial charge in [-0.15, -0.1) is 0 Å². The first kappa shape index (κ1) is 23.0. The van der Waals surface area contributed by atoms with E-state index in [1.54, 1.807) is 7.05 Å². The summed E-state index contributed by atoms with van der Waals surface area (Å²) in [5.74, 6) is 1.45. The Hall–Kier alpha value is -2.64. The number of hydrogen-bond donors (Lipinski definition) is 2. The molecule has 168 valence electrons. The van der Waals surface area contributed by atoms with Crippen LogP contribution in [-0.4, -0.2) is 63.9 Å². The molecule has 7 heteroatoms. The number of morpholine rings is 1. The summed E-state index contributed by atoms with van der Waals surface area (Å²) in [6.45, 7) is 7.18. The minimum absolute atomic E-state index is 0.113. The second-order valence-electron chi connectivity index (χ2n) is 7.39. The highest BCUT2D eigenvalue weighted by Gasteiger charge is 2.23. The molecule has 0 spiro atoms. The highest BCUT2D eigenvalue weighted by atomic mass is 19.1. The van der Waals surface area contributed by atoms with E-state index >= 15 is 0 Å². The first-order valence-electron chi connectivity index (χ1n) is 10.9. The highest BCUT2D eigenvalue weighted by molar-refractivity contribution is 5.79. The molecule has 1 heterocycles. The van der Waals surface area contributed by atoms with Crippen LogP contribution in [0.3, 0.4) is 0 Å². The smallest absolute Gasteiger partial charge is 0.191 e. The van der Waals surface area contributed by atoms with Gasteiger partial charge >= 0.3 is 0 Å². The predicted octanol–water partition coefficient (Wildman–Crippen LogP) is 3.01. The topological polar surface area (TPSA) is 58.1 Å². The van der Waals surface area contributed by atoms with Gasteiger partial charge in [-0.3, -0.25) is 9.89 Å². The Morgan fingerprint density at radius 3 is 2.58 bits per heavy atom. The zero-order valence-corrected chi connectivity index (χ0v) is 18.4.